The van der Waals surface area contributed by atoms with Crippen LogP contribution < -0.4 is 5.73 Å². The van der Waals surface area contributed by atoms with E-state index < -0.39 is 0 Å². The Morgan fingerprint density at radius 2 is 2.05 bits per heavy atom. The van der Waals surface area contributed by atoms with E-state index in [0.717, 1.165) is 22.5 Å². The van der Waals surface area contributed by atoms with E-state index in [9.17, 15) is 0 Å². The number of hydrogen-bond acceptors (Lipinski definition) is 3. The molecule has 0 unspecified atom stereocenters. The summed E-state index contributed by atoms with van der Waals surface area (Å²) in [5.41, 5.74) is 9.58. The van der Waals surface area contributed by atoms with Crippen molar-refractivity contribution in [3.63, 3.8) is 0 Å². The maximum absolute atomic E-state index is 5.82. The van der Waals surface area contributed by atoms with Gasteiger partial charge in [-0.1, -0.05) is 26.1 Å². The highest BCUT2D eigenvalue weighted by Gasteiger charge is 2.14. The second-order valence-electron chi connectivity index (χ2n) is 4.98. The Kier molecular flexibility index (Phi) is 3.66. The normalized spacial score (nSPS) is 11.0. The number of pyridine rings is 1. The monoisotopic (exact) mass is 274 g/mol. The van der Waals surface area contributed by atoms with Gasteiger partial charge in [0, 0.05) is 11.9 Å². The van der Waals surface area contributed by atoms with Gasteiger partial charge in [-0.05, 0) is 37.5 Å². The van der Waals surface area contributed by atoms with Gasteiger partial charge in [-0.3, -0.25) is 0 Å². The van der Waals surface area contributed by atoms with E-state index in [1.807, 2.05) is 32.2 Å². The van der Waals surface area contributed by atoms with Crippen LogP contribution in [-0.2, 0) is 0 Å². The van der Waals surface area contributed by atoms with Crippen molar-refractivity contribution in [2.24, 2.45) is 5.73 Å². The lowest BCUT2D eigenvalue weighted by atomic mass is 10.1. The Labute approximate surface area is 118 Å². The molecule has 0 aromatic carbocycles. The molecule has 0 spiro atoms. The molecule has 2 aromatic rings. The molecule has 0 amide bonds. The molecule has 0 aliphatic carbocycles. The van der Waals surface area contributed by atoms with Gasteiger partial charge < -0.3 is 5.73 Å². The van der Waals surface area contributed by atoms with Crippen LogP contribution in [0.5, 0.6) is 0 Å². The molecule has 0 fully saturated rings. The van der Waals surface area contributed by atoms with Gasteiger partial charge in [-0.2, -0.15) is 5.10 Å². The van der Waals surface area contributed by atoms with Crippen molar-refractivity contribution in [3.8, 4) is 5.82 Å². The third-order valence-corrected chi connectivity index (χ3v) is 3.19. The number of hydrogen-bond donors (Lipinski definition) is 1. The molecule has 5 heteroatoms. The SMILES string of the molecule is Cc1cc(C)c(C(N)=S)c(-n2ccc(C(C)C)n2)n1. The summed E-state index contributed by atoms with van der Waals surface area (Å²) < 4.78 is 1.75. The van der Waals surface area contributed by atoms with E-state index >= 15 is 0 Å². The summed E-state index contributed by atoms with van der Waals surface area (Å²) in [6, 6.07) is 3.97. The summed E-state index contributed by atoms with van der Waals surface area (Å²) in [5.74, 6) is 1.08. The van der Waals surface area contributed by atoms with Gasteiger partial charge in [-0.15, -0.1) is 0 Å². The highest BCUT2D eigenvalue weighted by atomic mass is 32.1. The number of rotatable bonds is 3. The zero-order valence-corrected chi connectivity index (χ0v) is 12.5. The number of aryl methyl sites for hydroxylation is 2. The highest BCUT2D eigenvalue weighted by Crippen LogP contribution is 2.19. The minimum absolute atomic E-state index is 0.349. The summed E-state index contributed by atoms with van der Waals surface area (Å²) in [5, 5.41) is 4.54. The molecule has 2 aromatic heterocycles. The van der Waals surface area contributed by atoms with Crippen LogP contribution in [-0.4, -0.2) is 19.8 Å². The predicted molar refractivity (Wildman–Crippen MR) is 80.8 cm³/mol. The van der Waals surface area contributed by atoms with E-state index in [1.54, 1.807) is 4.68 Å². The summed E-state index contributed by atoms with van der Waals surface area (Å²) in [7, 11) is 0. The molecule has 0 saturated carbocycles. The van der Waals surface area contributed by atoms with Crippen LogP contribution in [0.1, 0.15) is 42.3 Å². The summed E-state index contributed by atoms with van der Waals surface area (Å²) in [6.45, 7) is 8.15. The van der Waals surface area contributed by atoms with Crippen LogP contribution >= 0.6 is 12.2 Å². The second kappa shape index (κ2) is 5.09. The van der Waals surface area contributed by atoms with E-state index in [-0.39, 0.29) is 0 Å². The number of aromatic nitrogens is 3. The molecule has 0 bridgehead atoms. The maximum Gasteiger partial charge on any atom is 0.164 e. The first-order chi connectivity index (χ1) is 8.90. The van der Waals surface area contributed by atoms with Crippen LogP contribution in [0.3, 0.4) is 0 Å². The molecule has 0 aliphatic rings. The van der Waals surface area contributed by atoms with Crippen molar-refractivity contribution in [1.29, 1.82) is 0 Å². The van der Waals surface area contributed by atoms with Crippen molar-refractivity contribution >= 4 is 17.2 Å². The minimum atomic E-state index is 0.349. The van der Waals surface area contributed by atoms with E-state index in [2.05, 4.69) is 23.9 Å². The molecule has 2 heterocycles. The molecular formula is C14H18N4S. The fourth-order valence-corrected chi connectivity index (χ4v) is 2.30. The summed E-state index contributed by atoms with van der Waals surface area (Å²) in [6.07, 6.45) is 1.90. The van der Waals surface area contributed by atoms with Crippen LogP contribution in [0.25, 0.3) is 5.82 Å². The third kappa shape index (κ3) is 2.66. The molecular weight excluding hydrogens is 256 g/mol. The van der Waals surface area contributed by atoms with Gasteiger partial charge in [0.25, 0.3) is 0 Å². The smallest absolute Gasteiger partial charge is 0.164 e. The molecule has 0 saturated heterocycles. The highest BCUT2D eigenvalue weighted by molar-refractivity contribution is 7.80. The van der Waals surface area contributed by atoms with Crippen LogP contribution in [0.4, 0.5) is 0 Å². The largest absolute Gasteiger partial charge is 0.389 e. The van der Waals surface area contributed by atoms with Gasteiger partial charge in [0.05, 0.1) is 11.3 Å². The van der Waals surface area contributed by atoms with Gasteiger partial charge in [0.1, 0.15) is 4.99 Å². The number of nitrogens with two attached hydrogens (primary N) is 1. The Morgan fingerprint density at radius 1 is 1.37 bits per heavy atom. The van der Waals surface area contributed by atoms with Crippen molar-refractivity contribution in [2.75, 3.05) is 0 Å². The first-order valence-electron chi connectivity index (χ1n) is 6.24. The second-order valence-corrected chi connectivity index (χ2v) is 5.42. The summed E-state index contributed by atoms with van der Waals surface area (Å²) >= 11 is 5.14. The molecule has 0 aliphatic heterocycles. The zero-order chi connectivity index (χ0) is 14.2. The lowest BCUT2D eigenvalue weighted by molar-refractivity contribution is 0.754. The van der Waals surface area contributed by atoms with Crippen molar-refractivity contribution in [3.05, 3.63) is 40.8 Å². The average Bonchev–Trinajstić information content (AvgIpc) is 2.76. The summed E-state index contributed by atoms with van der Waals surface area (Å²) in [4.78, 5) is 4.88. The first-order valence-corrected chi connectivity index (χ1v) is 6.65. The fourth-order valence-electron chi connectivity index (χ4n) is 2.05. The Bertz CT molecular complexity index is 628. The van der Waals surface area contributed by atoms with Crippen LogP contribution in [0.2, 0.25) is 0 Å². The Balaban J connectivity index is 2.63. The molecule has 0 radical (unpaired) electrons. The van der Waals surface area contributed by atoms with Crippen molar-refractivity contribution < 1.29 is 0 Å². The Hall–Kier alpha value is -1.75. The molecule has 19 heavy (non-hydrogen) atoms. The van der Waals surface area contributed by atoms with E-state index in [0.29, 0.717) is 16.7 Å². The van der Waals surface area contributed by atoms with Gasteiger partial charge >= 0.3 is 0 Å². The lowest BCUT2D eigenvalue weighted by Gasteiger charge is -2.11. The minimum Gasteiger partial charge on any atom is -0.389 e. The predicted octanol–water partition coefficient (Wildman–Crippen LogP) is 2.64. The van der Waals surface area contributed by atoms with Crippen molar-refractivity contribution in [2.45, 2.75) is 33.6 Å². The molecule has 100 valence electrons. The molecule has 2 N–H and O–H groups in total. The van der Waals surface area contributed by atoms with Gasteiger partial charge in [0.2, 0.25) is 0 Å². The van der Waals surface area contributed by atoms with Crippen molar-refractivity contribution in [1.82, 2.24) is 14.8 Å². The first kappa shape index (κ1) is 13.7. The quantitative estimate of drug-likeness (QED) is 0.874. The van der Waals surface area contributed by atoms with E-state index in [4.69, 9.17) is 18.0 Å². The van der Waals surface area contributed by atoms with Gasteiger partial charge in [0.15, 0.2) is 5.82 Å². The Morgan fingerprint density at radius 3 is 2.58 bits per heavy atom. The molecule has 4 nitrogen and oxygen atoms in total. The van der Waals surface area contributed by atoms with Crippen LogP contribution in [0.15, 0.2) is 18.3 Å². The third-order valence-electron chi connectivity index (χ3n) is 2.99. The maximum atomic E-state index is 5.82. The molecule has 0 atom stereocenters. The topological polar surface area (TPSA) is 56.7 Å². The standard InChI is InChI=1S/C14H18N4S/c1-8(2)11-5-6-18(17-11)14-12(13(15)19)9(3)7-10(4)16-14/h5-8H,1-4H3,(H2,15,19). The average molecular weight is 274 g/mol. The fraction of sp³-hybridized carbons (Fsp3) is 0.357. The van der Waals surface area contributed by atoms with E-state index in [1.165, 1.54) is 0 Å². The number of nitrogens with zero attached hydrogens (tertiary/aromatic N) is 3. The molecule has 2 rings (SSSR count). The zero-order valence-electron chi connectivity index (χ0n) is 11.6. The lowest BCUT2D eigenvalue weighted by Crippen LogP contribution is -2.17. The van der Waals surface area contributed by atoms with Crippen LogP contribution in [0, 0.1) is 13.8 Å². The number of thiocarbonyl (C=S) groups is 1. The van der Waals surface area contributed by atoms with Gasteiger partial charge in [-0.25, -0.2) is 9.67 Å².